The molecule has 1 N–H and O–H groups in total. The van der Waals surface area contributed by atoms with Crippen molar-refractivity contribution in [3.63, 3.8) is 0 Å². The van der Waals surface area contributed by atoms with Crippen molar-refractivity contribution in [2.24, 2.45) is 0 Å². The second kappa shape index (κ2) is 10.0. The van der Waals surface area contributed by atoms with Crippen LogP contribution < -0.4 is 10.1 Å². The Morgan fingerprint density at radius 3 is 2.57 bits per heavy atom. The number of fused-ring (bicyclic) bond motifs is 1. The Kier molecular flexibility index (Phi) is 6.51. The summed E-state index contributed by atoms with van der Waals surface area (Å²) in [6.07, 6.45) is 0. The van der Waals surface area contributed by atoms with Crippen molar-refractivity contribution in [2.45, 2.75) is 20.1 Å². The fraction of sp³-hybridized carbons (Fsp3) is 0.103. The standard InChI is InChI=1S/C29H24ClN3O2/c1-20-16-28(31-29(34)26-13-7-11-22-10-5-6-12-25(22)26)32-33(20)18-23-17-24(30)14-15-27(23)35-19-21-8-3-2-4-9-21/h2-17H,18-19H2,1H3,(H,31,32,34). The lowest BCUT2D eigenvalue weighted by Gasteiger charge is -2.13. The van der Waals surface area contributed by atoms with Gasteiger partial charge in [-0.2, -0.15) is 5.10 Å². The fourth-order valence-electron chi connectivity index (χ4n) is 4.05. The first-order chi connectivity index (χ1) is 17.1. The first kappa shape index (κ1) is 22.7. The van der Waals surface area contributed by atoms with Crippen molar-refractivity contribution in [3.8, 4) is 5.75 Å². The lowest BCUT2D eigenvalue weighted by molar-refractivity contribution is 0.102. The van der Waals surface area contributed by atoms with Crippen molar-refractivity contribution >= 4 is 34.1 Å². The molecule has 0 radical (unpaired) electrons. The van der Waals surface area contributed by atoms with Gasteiger partial charge < -0.3 is 10.1 Å². The maximum Gasteiger partial charge on any atom is 0.257 e. The fourth-order valence-corrected chi connectivity index (χ4v) is 4.24. The third kappa shape index (κ3) is 5.20. The molecule has 174 valence electrons. The zero-order valence-corrected chi connectivity index (χ0v) is 20.0. The van der Waals surface area contributed by atoms with Gasteiger partial charge >= 0.3 is 0 Å². The number of benzene rings is 4. The Hall–Kier alpha value is -4.09. The number of nitrogens with one attached hydrogen (secondary N) is 1. The Bertz CT molecular complexity index is 1490. The van der Waals surface area contributed by atoms with E-state index >= 15 is 0 Å². The summed E-state index contributed by atoms with van der Waals surface area (Å²) in [6.45, 7) is 2.87. The van der Waals surface area contributed by atoms with Crippen LogP contribution in [0.1, 0.15) is 27.2 Å². The molecular formula is C29H24ClN3O2. The van der Waals surface area contributed by atoms with E-state index in [4.69, 9.17) is 16.3 Å². The molecule has 5 aromatic rings. The number of halogens is 1. The van der Waals surface area contributed by atoms with Gasteiger partial charge in [-0.05, 0) is 47.5 Å². The van der Waals surface area contributed by atoms with E-state index in [0.29, 0.717) is 29.6 Å². The SMILES string of the molecule is Cc1cc(NC(=O)c2cccc3ccccc23)nn1Cc1cc(Cl)ccc1OCc1ccccc1. The van der Waals surface area contributed by atoms with Crippen LogP contribution in [0.3, 0.4) is 0 Å². The summed E-state index contributed by atoms with van der Waals surface area (Å²) in [5, 5.41) is 10.1. The second-order valence-corrected chi connectivity index (χ2v) is 8.77. The molecule has 0 atom stereocenters. The Morgan fingerprint density at radius 2 is 1.71 bits per heavy atom. The highest BCUT2D eigenvalue weighted by atomic mass is 35.5. The second-order valence-electron chi connectivity index (χ2n) is 8.34. The van der Waals surface area contributed by atoms with Gasteiger partial charge in [-0.3, -0.25) is 9.48 Å². The number of aryl methyl sites for hydroxylation is 1. The third-order valence-corrected chi connectivity index (χ3v) is 6.07. The molecule has 35 heavy (non-hydrogen) atoms. The third-order valence-electron chi connectivity index (χ3n) is 5.84. The number of amides is 1. The topological polar surface area (TPSA) is 56.2 Å². The van der Waals surface area contributed by atoms with Gasteiger partial charge in [-0.1, -0.05) is 78.3 Å². The molecule has 4 aromatic carbocycles. The zero-order valence-electron chi connectivity index (χ0n) is 19.2. The van der Waals surface area contributed by atoms with Gasteiger partial charge in [-0.25, -0.2) is 0 Å². The average Bonchev–Trinajstić information content (AvgIpc) is 3.21. The van der Waals surface area contributed by atoms with E-state index in [1.54, 1.807) is 0 Å². The number of hydrogen-bond acceptors (Lipinski definition) is 3. The molecule has 0 bridgehead atoms. The molecule has 0 aliphatic carbocycles. The van der Waals surface area contributed by atoms with E-state index in [-0.39, 0.29) is 5.91 Å². The van der Waals surface area contributed by atoms with Crippen molar-refractivity contribution in [1.82, 2.24) is 9.78 Å². The number of rotatable bonds is 7. The van der Waals surface area contributed by atoms with Crippen LogP contribution in [0.25, 0.3) is 10.8 Å². The summed E-state index contributed by atoms with van der Waals surface area (Å²) in [7, 11) is 0. The molecule has 1 heterocycles. The van der Waals surface area contributed by atoms with Gasteiger partial charge in [0.15, 0.2) is 5.82 Å². The van der Waals surface area contributed by atoms with Crippen molar-refractivity contribution in [2.75, 3.05) is 5.32 Å². The van der Waals surface area contributed by atoms with Crippen LogP contribution >= 0.6 is 11.6 Å². The molecule has 0 aliphatic rings. The number of carbonyl (C=O) groups excluding carboxylic acids is 1. The molecule has 5 nitrogen and oxygen atoms in total. The minimum atomic E-state index is -0.193. The number of carbonyl (C=O) groups is 1. The van der Waals surface area contributed by atoms with Crippen LogP contribution in [0, 0.1) is 6.92 Å². The summed E-state index contributed by atoms with van der Waals surface area (Å²) >= 11 is 6.29. The molecule has 0 spiro atoms. The molecule has 1 aromatic heterocycles. The zero-order chi connectivity index (χ0) is 24.2. The Balaban J connectivity index is 1.34. The highest BCUT2D eigenvalue weighted by molar-refractivity contribution is 6.30. The van der Waals surface area contributed by atoms with Gasteiger partial charge in [0.2, 0.25) is 0 Å². The monoisotopic (exact) mass is 481 g/mol. The number of aromatic nitrogens is 2. The predicted octanol–water partition coefficient (Wildman–Crippen LogP) is 6.88. The van der Waals surface area contributed by atoms with Gasteiger partial charge in [-0.15, -0.1) is 0 Å². The van der Waals surface area contributed by atoms with E-state index in [0.717, 1.165) is 33.3 Å². The average molecular weight is 482 g/mol. The lowest BCUT2D eigenvalue weighted by atomic mass is 10.0. The first-order valence-electron chi connectivity index (χ1n) is 11.4. The normalized spacial score (nSPS) is 10.9. The van der Waals surface area contributed by atoms with E-state index < -0.39 is 0 Å². The minimum Gasteiger partial charge on any atom is -0.489 e. The van der Waals surface area contributed by atoms with E-state index in [1.165, 1.54) is 0 Å². The van der Waals surface area contributed by atoms with Crippen molar-refractivity contribution < 1.29 is 9.53 Å². The van der Waals surface area contributed by atoms with E-state index in [2.05, 4.69) is 10.4 Å². The summed E-state index contributed by atoms with van der Waals surface area (Å²) < 4.78 is 7.92. The van der Waals surface area contributed by atoms with E-state index in [1.807, 2.05) is 109 Å². The molecule has 1 amide bonds. The Morgan fingerprint density at radius 1 is 0.943 bits per heavy atom. The van der Waals surface area contributed by atoms with Crippen LogP contribution in [0.15, 0.2) is 97.1 Å². The summed E-state index contributed by atoms with van der Waals surface area (Å²) in [5.41, 5.74) is 3.52. The lowest BCUT2D eigenvalue weighted by Crippen LogP contribution is -2.13. The molecular weight excluding hydrogens is 458 g/mol. The number of hydrogen-bond donors (Lipinski definition) is 1. The van der Waals surface area contributed by atoms with Crippen molar-refractivity contribution in [1.29, 1.82) is 0 Å². The first-order valence-corrected chi connectivity index (χ1v) is 11.7. The molecule has 0 aliphatic heterocycles. The number of anilines is 1. The number of ether oxygens (including phenoxy) is 1. The molecule has 6 heteroatoms. The number of nitrogens with zero attached hydrogens (tertiary/aromatic N) is 2. The van der Waals surface area contributed by atoms with Gasteiger partial charge in [0, 0.05) is 27.9 Å². The van der Waals surface area contributed by atoms with Crippen LogP contribution in [-0.4, -0.2) is 15.7 Å². The van der Waals surface area contributed by atoms with Crippen LogP contribution in [0.4, 0.5) is 5.82 Å². The van der Waals surface area contributed by atoms with Gasteiger partial charge in [0.25, 0.3) is 5.91 Å². The van der Waals surface area contributed by atoms with E-state index in [9.17, 15) is 4.79 Å². The predicted molar refractivity (Wildman–Crippen MR) is 140 cm³/mol. The maximum absolute atomic E-state index is 13.0. The maximum atomic E-state index is 13.0. The molecule has 0 unspecified atom stereocenters. The molecule has 0 fully saturated rings. The molecule has 0 saturated carbocycles. The van der Waals surface area contributed by atoms with Gasteiger partial charge in [0.05, 0.1) is 6.54 Å². The Labute approximate surface area is 208 Å². The summed E-state index contributed by atoms with van der Waals surface area (Å²) in [4.78, 5) is 13.0. The van der Waals surface area contributed by atoms with Crippen LogP contribution in [0.2, 0.25) is 5.02 Å². The van der Waals surface area contributed by atoms with Crippen LogP contribution in [0.5, 0.6) is 5.75 Å². The molecule has 0 saturated heterocycles. The quantitative estimate of drug-likeness (QED) is 0.275. The minimum absolute atomic E-state index is 0.193. The van der Waals surface area contributed by atoms with Crippen molar-refractivity contribution in [3.05, 3.63) is 124 Å². The molecule has 5 rings (SSSR count). The summed E-state index contributed by atoms with van der Waals surface area (Å²) in [5.74, 6) is 1.05. The largest absolute Gasteiger partial charge is 0.489 e. The smallest absolute Gasteiger partial charge is 0.257 e. The summed E-state index contributed by atoms with van der Waals surface area (Å²) in [6, 6.07) is 31.0. The van der Waals surface area contributed by atoms with Gasteiger partial charge in [0.1, 0.15) is 12.4 Å². The highest BCUT2D eigenvalue weighted by Crippen LogP contribution is 2.26. The highest BCUT2D eigenvalue weighted by Gasteiger charge is 2.14. The van der Waals surface area contributed by atoms with Crippen LogP contribution in [-0.2, 0) is 13.2 Å².